The van der Waals surface area contributed by atoms with E-state index in [9.17, 15) is 9.59 Å². The summed E-state index contributed by atoms with van der Waals surface area (Å²) >= 11 is 0. The molecule has 0 saturated heterocycles. The van der Waals surface area contributed by atoms with Crippen molar-refractivity contribution in [1.82, 2.24) is 10.2 Å². The molecule has 4 heteroatoms. The molecule has 1 saturated carbocycles. The molecule has 0 unspecified atom stereocenters. The van der Waals surface area contributed by atoms with Crippen LogP contribution in [0, 0.1) is 6.92 Å². The predicted octanol–water partition coefficient (Wildman–Crippen LogP) is 6.09. The number of amides is 2. The van der Waals surface area contributed by atoms with Gasteiger partial charge in [0.25, 0.3) is 0 Å². The van der Waals surface area contributed by atoms with E-state index < -0.39 is 6.04 Å². The molecular weight excluding hydrogens is 420 g/mol. The highest BCUT2D eigenvalue weighted by molar-refractivity contribution is 5.87. The zero-order valence-corrected chi connectivity index (χ0v) is 21.7. The van der Waals surface area contributed by atoms with Gasteiger partial charge in [0.2, 0.25) is 11.8 Å². The van der Waals surface area contributed by atoms with Crippen molar-refractivity contribution in [3.05, 3.63) is 70.8 Å². The molecule has 1 aliphatic rings. The van der Waals surface area contributed by atoms with Crippen molar-refractivity contribution in [2.24, 2.45) is 0 Å². The molecule has 4 nitrogen and oxygen atoms in total. The predicted molar refractivity (Wildman–Crippen MR) is 140 cm³/mol. The van der Waals surface area contributed by atoms with Crippen molar-refractivity contribution in [3.63, 3.8) is 0 Å². The first-order valence-electron chi connectivity index (χ1n) is 12.9. The van der Waals surface area contributed by atoms with Crippen LogP contribution in [0.1, 0.15) is 88.5 Å². The van der Waals surface area contributed by atoms with Crippen molar-refractivity contribution in [2.75, 3.05) is 0 Å². The van der Waals surface area contributed by atoms with Crippen LogP contribution < -0.4 is 5.32 Å². The Hall–Kier alpha value is -2.62. The van der Waals surface area contributed by atoms with Gasteiger partial charge in [-0.05, 0) is 60.8 Å². The van der Waals surface area contributed by atoms with Crippen LogP contribution in [0.3, 0.4) is 0 Å². The van der Waals surface area contributed by atoms with E-state index in [1.165, 1.54) is 24.8 Å². The van der Waals surface area contributed by atoms with Crippen molar-refractivity contribution < 1.29 is 9.59 Å². The van der Waals surface area contributed by atoms with Gasteiger partial charge in [0.1, 0.15) is 6.04 Å². The van der Waals surface area contributed by atoms with E-state index in [0.29, 0.717) is 19.4 Å². The summed E-state index contributed by atoms with van der Waals surface area (Å²) in [5, 5.41) is 3.22. The minimum Gasteiger partial charge on any atom is -0.352 e. The monoisotopic (exact) mass is 462 g/mol. The largest absolute Gasteiger partial charge is 0.352 e. The van der Waals surface area contributed by atoms with Crippen molar-refractivity contribution in [3.8, 4) is 0 Å². The van der Waals surface area contributed by atoms with Gasteiger partial charge in [-0.25, -0.2) is 0 Å². The van der Waals surface area contributed by atoms with Crippen molar-refractivity contribution in [1.29, 1.82) is 0 Å². The number of benzene rings is 2. The highest BCUT2D eigenvalue weighted by Gasteiger charge is 2.28. The van der Waals surface area contributed by atoms with E-state index >= 15 is 0 Å². The van der Waals surface area contributed by atoms with Gasteiger partial charge < -0.3 is 10.2 Å². The fourth-order valence-electron chi connectivity index (χ4n) is 4.69. The zero-order chi connectivity index (χ0) is 24.7. The highest BCUT2D eigenvalue weighted by atomic mass is 16.2. The van der Waals surface area contributed by atoms with Gasteiger partial charge in [0.05, 0.1) is 0 Å². The molecule has 2 aromatic carbocycles. The molecule has 1 N–H and O–H groups in total. The Balaban J connectivity index is 1.70. The Kier molecular flexibility index (Phi) is 8.93. The molecule has 2 aromatic rings. The van der Waals surface area contributed by atoms with Gasteiger partial charge in [0.15, 0.2) is 0 Å². The molecule has 1 atom stereocenters. The maximum Gasteiger partial charge on any atom is 0.242 e. The van der Waals surface area contributed by atoms with Gasteiger partial charge in [-0.15, -0.1) is 0 Å². The summed E-state index contributed by atoms with van der Waals surface area (Å²) in [6, 6.07) is 16.4. The number of hydrogen-bond acceptors (Lipinski definition) is 2. The number of aryl methyl sites for hydroxylation is 2. The van der Waals surface area contributed by atoms with Crippen LogP contribution in [0.2, 0.25) is 0 Å². The molecule has 1 fully saturated rings. The Labute approximate surface area is 206 Å². The first-order chi connectivity index (χ1) is 16.1. The number of hydrogen-bond donors (Lipinski definition) is 1. The first-order valence-corrected chi connectivity index (χ1v) is 12.9. The maximum absolute atomic E-state index is 13.4. The van der Waals surface area contributed by atoms with Crippen LogP contribution in [0.25, 0.3) is 0 Å². The minimum atomic E-state index is -0.503. The summed E-state index contributed by atoms with van der Waals surface area (Å²) in [5.41, 5.74) is 4.77. The number of nitrogens with zero attached hydrogens (tertiary/aromatic N) is 1. The quantitative estimate of drug-likeness (QED) is 0.516. The van der Waals surface area contributed by atoms with Crippen LogP contribution in [0.5, 0.6) is 0 Å². The molecule has 0 bridgehead atoms. The Bertz CT molecular complexity index is 953. The second-order valence-electron chi connectivity index (χ2n) is 10.9. The maximum atomic E-state index is 13.4. The van der Waals surface area contributed by atoms with Gasteiger partial charge >= 0.3 is 0 Å². The Morgan fingerprint density at radius 3 is 2.26 bits per heavy atom. The first kappa shape index (κ1) is 26.0. The van der Waals surface area contributed by atoms with Gasteiger partial charge in [-0.1, -0.05) is 88.6 Å². The third-order valence-corrected chi connectivity index (χ3v) is 7.17. The number of nitrogens with one attached hydrogen (secondary N) is 1. The summed E-state index contributed by atoms with van der Waals surface area (Å²) in [5.74, 6) is -0.0159. The smallest absolute Gasteiger partial charge is 0.242 e. The highest BCUT2D eigenvalue weighted by Crippen LogP contribution is 2.23. The van der Waals surface area contributed by atoms with Crippen LogP contribution in [0.4, 0.5) is 0 Å². The van der Waals surface area contributed by atoms with E-state index in [1.807, 2.05) is 25.1 Å². The molecule has 0 aromatic heterocycles. The van der Waals surface area contributed by atoms with Gasteiger partial charge in [0, 0.05) is 19.0 Å². The second kappa shape index (κ2) is 11.7. The lowest BCUT2D eigenvalue weighted by Gasteiger charge is -2.31. The standard InChI is InChI=1S/C30H42N2O2/c1-22-11-9-10-12-25(22)21-32(23(2)29(34)31-27-13-7-6-8-14-27)28(33)20-17-24-15-18-26(19-16-24)30(3,4)5/h9-12,15-16,18-19,23,27H,6-8,13-14,17,20-21H2,1-5H3,(H,31,34)/t23-/m0/s1. The van der Waals surface area contributed by atoms with E-state index in [-0.39, 0.29) is 23.3 Å². The fraction of sp³-hybridized carbons (Fsp3) is 0.533. The number of rotatable bonds is 8. The molecule has 0 radical (unpaired) electrons. The summed E-state index contributed by atoms with van der Waals surface area (Å²) in [7, 11) is 0. The van der Waals surface area contributed by atoms with Crippen LogP contribution in [0.15, 0.2) is 48.5 Å². The SMILES string of the molecule is Cc1ccccc1CN(C(=O)CCc1ccc(C(C)(C)C)cc1)[C@@H](C)C(=O)NC1CCCCC1. The lowest BCUT2D eigenvalue weighted by molar-refractivity contribution is -0.141. The average molecular weight is 463 g/mol. The van der Waals surface area contributed by atoms with Gasteiger partial charge in [-0.2, -0.15) is 0 Å². The third-order valence-electron chi connectivity index (χ3n) is 7.17. The van der Waals surface area contributed by atoms with E-state index in [1.54, 1.807) is 4.90 Å². The molecule has 2 amide bonds. The van der Waals surface area contributed by atoms with Gasteiger partial charge in [-0.3, -0.25) is 9.59 Å². The number of carbonyl (C=O) groups excluding carboxylic acids is 2. The molecule has 3 rings (SSSR count). The zero-order valence-electron chi connectivity index (χ0n) is 21.7. The number of carbonyl (C=O) groups is 2. The van der Waals surface area contributed by atoms with E-state index in [0.717, 1.165) is 29.5 Å². The molecular formula is C30H42N2O2. The Morgan fingerprint density at radius 2 is 1.65 bits per heavy atom. The molecule has 0 aliphatic heterocycles. The van der Waals surface area contributed by atoms with E-state index in [4.69, 9.17) is 0 Å². The lowest BCUT2D eigenvalue weighted by atomic mass is 9.86. The molecule has 184 valence electrons. The summed E-state index contributed by atoms with van der Waals surface area (Å²) in [6.07, 6.45) is 6.71. The topological polar surface area (TPSA) is 49.4 Å². The van der Waals surface area contributed by atoms with Crippen molar-refractivity contribution >= 4 is 11.8 Å². The van der Waals surface area contributed by atoms with Crippen LogP contribution in [-0.4, -0.2) is 28.8 Å². The normalized spacial score (nSPS) is 15.6. The van der Waals surface area contributed by atoms with Crippen LogP contribution >= 0.6 is 0 Å². The third kappa shape index (κ3) is 7.19. The molecule has 1 aliphatic carbocycles. The summed E-state index contributed by atoms with van der Waals surface area (Å²) in [6.45, 7) is 11.0. The van der Waals surface area contributed by atoms with E-state index in [2.05, 4.69) is 63.3 Å². The minimum absolute atomic E-state index is 0.0226. The average Bonchev–Trinajstić information content (AvgIpc) is 2.82. The Morgan fingerprint density at radius 1 is 1.00 bits per heavy atom. The molecule has 34 heavy (non-hydrogen) atoms. The molecule has 0 heterocycles. The molecule has 0 spiro atoms. The second-order valence-corrected chi connectivity index (χ2v) is 10.9. The summed E-state index contributed by atoms with van der Waals surface area (Å²) < 4.78 is 0. The summed E-state index contributed by atoms with van der Waals surface area (Å²) in [4.78, 5) is 28.3. The fourth-order valence-corrected chi connectivity index (χ4v) is 4.69. The van der Waals surface area contributed by atoms with Crippen molar-refractivity contribution in [2.45, 2.75) is 104 Å². The lowest BCUT2D eigenvalue weighted by Crippen LogP contribution is -2.50. The van der Waals surface area contributed by atoms with Crippen LogP contribution in [-0.2, 0) is 28.0 Å².